The molecule has 5 heteroatoms. The molecule has 0 atom stereocenters. The second-order valence-electron chi connectivity index (χ2n) is 8.71. The highest BCUT2D eigenvalue weighted by Crippen LogP contribution is 2.31. The molecule has 1 saturated heterocycles. The SMILES string of the molecule is Cc1ccc2nc(N3CCC(NC4CCCC4)CC3)c(C3=CC=NCN3)cc2c1. The van der Waals surface area contributed by atoms with Gasteiger partial charge in [0, 0.05) is 48.0 Å². The van der Waals surface area contributed by atoms with Crippen molar-refractivity contribution in [2.24, 2.45) is 4.99 Å². The second kappa shape index (κ2) is 8.15. The van der Waals surface area contributed by atoms with E-state index in [4.69, 9.17) is 4.98 Å². The van der Waals surface area contributed by atoms with Crippen LogP contribution in [0.3, 0.4) is 0 Å². The summed E-state index contributed by atoms with van der Waals surface area (Å²) in [5.41, 5.74) is 4.66. The Hall–Kier alpha value is -2.40. The van der Waals surface area contributed by atoms with Gasteiger partial charge in [-0.1, -0.05) is 24.5 Å². The minimum Gasteiger partial charge on any atom is -0.366 e. The van der Waals surface area contributed by atoms with E-state index in [-0.39, 0.29) is 0 Å². The van der Waals surface area contributed by atoms with Crippen molar-refractivity contribution in [3.8, 4) is 0 Å². The highest BCUT2D eigenvalue weighted by molar-refractivity contribution is 5.92. The van der Waals surface area contributed by atoms with Crippen molar-refractivity contribution in [1.29, 1.82) is 0 Å². The molecular formula is C24H31N5. The number of rotatable bonds is 4. The number of aliphatic imine (C=N–C) groups is 1. The van der Waals surface area contributed by atoms with Crippen LogP contribution >= 0.6 is 0 Å². The van der Waals surface area contributed by atoms with E-state index in [2.05, 4.69) is 57.8 Å². The summed E-state index contributed by atoms with van der Waals surface area (Å²) in [6.07, 6.45) is 11.9. The van der Waals surface area contributed by atoms with Crippen LogP contribution in [0, 0.1) is 6.92 Å². The molecule has 0 radical (unpaired) electrons. The first-order chi connectivity index (χ1) is 14.3. The van der Waals surface area contributed by atoms with Gasteiger partial charge in [0.25, 0.3) is 0 Å². The van der Waals surface area contributed by atoms with Gasteiger partial charge in [0.2, 0.25) is 0 Å². The summed E-state index contributed by atoms with van der Waals surface area (Å²) in [6, 6.07) is 10.2. The van der Waals surface area contributed by atoms with Crippen LogP contribution in [0.1, 0.15) is 49.7 Å². The van der Waals surface area contributed by atoms with Gasteiger partial charge in [-0.15, -0.1) is 0 Å². The van der Waals surface area contributed by atoms with E-state index in [1.54, 1.807) is 0 Å². The number of pyridine rings is 1. The molecule has 0 unspecified atom stereocenters. The van der Waals surface area contributed by atoms with Crippen molar-refractivity contribution < 1.29 is 0 Å². The van der Waals surface area contributed by atoms with E-state index >= 15 is 0 Å². The van der Waals surface area contributed by atoms with E-state index in [1.165, 1.54) is 55.0 Å². The molecule has 5 nitrogen and oxygen atoms in total. The number of piperidine rings is 1. The summed E-state index contributed by atoms with van der Waals surface area (Å²) in [6.45, 7) is 4.89. The van der Waals surface area contributed by atoms with Crippen LogP contribution in [-0.2, 0) is 0 Å². The summed E-state index contributed by atoms with van der Waals surface area (Å²) in [5, 5.41) is 8.55. The van der Waals surface area contributed by atoms with Crippen LogP contribution in [-0.4, -0.2) is 43.0 Å². The molecule has 0 amide bonds. The Morgan fingerprint density at radius 2 is 1.83 bits per heavy atom. The third kappa shape index (κ3) is 4.01. The molecule has 5 rings (SSSR count). The maximum Gasteiger partial charge on any atom is 0.138 e. The van der Waals surface area contributed by atoms with Crippen LogP contribution in [0.15, 0.2) is 35.3 Å². The Labute approximate surface area is 173 Å². The summed E-state index contributed by atoms with van der Waals surface area (Å²) in [5.74, 6) is 1.11. The van der Waals surface area contributed by atoms with E-state index in [1.807, 2.05) is 6.21 Å². The van der Waals surface area contributed by atoms with Crippen LogP contribution in [0.4, 0.5) is 5.82 Å². The number of nitrogens with one attached hydrogen (secondary N) is 2. The lowest BCUT2D eigenvalue weighted by Gasteiger charge is -2.36. The molecule has 1 aromatic carbocycles. The average Bonchev–Trinajstić information content (AvgIpc) is 3.27. The van der Waals surface area contributed by atoms with E-state index in [0.29, 0.717) is 12.7 Å². The van der Waals surface area contributed by atoms with Crippen molar-refractivity contribution in [2.45, 2.75) is 57.5 Å². The Morgan fingerprint density at radius 1 is 1.03 bits per heavy atom. The molecule has 0 spiro atoms. The highest BCUT2D eigenvalue weighted by atomic mass is 15.2. The summed E-state index contributed by atoms with van der Waals surface area (Å²) < 4.78 is 0. The number of anilines is 1. The number of hydrogen-bond donors (Lipinski definition) is 2. The van der Waals surface area contributed by atoms with Gasteiger partial charge < -0.3 is 15.5 Å². The van der Waals surface area contributed by atoms with Crippen molar-refractivity contribution in [3.63, 3.8) is 0 Å². The van der Waals surface area contributed by atoms with Gasteiger partial charge in [0.1, 0.15) is 12.5 Å². The first-order valence-electron chi connectivity index (χ1n) is 11.1. The summed E-state index contributed by atoms with van der Waals surface area (Å²) in [7, 11) is 0. The van der Waals surface area contributed by atoms with Gasteiger partial charge in [-0.05, 0) is 56.9 Å². The van der Waals surface area contributed by atoms with Crippen molar-refractivity contribution in [2.75, 3.05) is 24.7 Å². The smallest absolute Gasteiger partial charge is 0.138 e. The molecule has 2 aromatic rings. The normalized spacial score (nSPS) is 20.9. The lowest BCUT2D eigenvalue weighted by atomic mass is 10.0. The number of hydrogen-bond acceptors (Lipinski definition) is 5. The third-order valence-electron chi connectivity index (χ3n) is 6.57. The highest BCUT2D eigenvalue weighted by Gasteiger charge is 2.26. The number of aryl methyl sites for hydroxylation is 1. The van der Waals surface area contributed by atoms with Crippen LogP contribution < -0.4 is 15.5 Å². The van der Waals surface area contributed by atoms with E-state index in [0.717, 1.165) is 36.2 Å². The van der Waals surface area contributed by atoms with E-state index < -0.39 is 0 Å². The molecular weight excluding hydrogens is 358 g/mol. The molecule has 2 aliphatic heterocycles. The number of nitrogens with zero attached hydrogens (tertiary/aromatic N) is 3. The topological polar surface area (TPSA) is 52.6 Å². The number of fused-ring (bicyclic) bond motifs is 1. The lowest BCUT2D eigenvalue weighted by Crippen LogP contribution is -2.46. The first-order valence-corrected chi connectivity index (χ1v) is 11.1. The van der Waals surface area contributed by atoms with Crippen LogP contribution in [0.2, 0.25) is 0 Å². The first kappa shape index (κ1) is 18.6. The summed E-state index contributed by atoms with van der Waals surface area (Å²) in [4.78, 5) is 11.9. The molecule has 3 heterocycles. The standard InChI is InChI=1S/C24H31N5/c1-17-6-7-22-18(14-17)15-21(23-8-11-25-16-26-23)24(28-22)29-12-9-20(10-13-29)27-19-4-2-3-5-19/h6-8,11,14-15,19-20,26-27H,2-5,9-10,12-13,16H2,1H3. The Kier molecular flexibility index (Phi) is 5.23. The minimum atomic E-state index is 0.629. The number of benzene rings is 1. The molecule has 1 aromatic heterocycles. The van der Waals surface area contributed by atoms with Gasteiger partial charge in [0.05, 0.1) is 5.52 Å². The van der Waals surface area contributed by atoms with Crippen molar-refractivity contribution in [3.05, 3.63) is 41.5 Å². The second-order valence-corrected chi connectivity index (χ2v) is 8.71. The van der Waals surface area contributed by atoms with E-state index in [9.17, 15) is 0 Å². The van der Waals surface area contributed by atoms with Crippen molar-refractivity contribution >= 4 is 28.6 Å². The average molecular weight is 390 g/mol. The quantitative estimate of drug-likeness (QED) is 0.829. The van der Waals surface area contributed by atoms with Crippen molar-refractivity contribution in [1.82, 2.24) is 15.6 Å². The van der Waals surface area contributed by atoms with Gasteiger partial charge in [-0.3, -0.25) is 4.99 Å². The third-order valence-corrected chi connectivity index (χ3v) is 6.57. The zero-order valence-corrected chi connectivity index (χ0v) is 17.3. The van der Waals surface area contributed by atoms with Gasteiger partial charge in [0.15, 0.2) is 0 Å². The Balaban J connectivity index is 1.41. The molecule has 2 N–H and O–H groups in total. The largest absolute Gasteiger partial charge is 0.366 e. The number of allylic oxidation sites excluding steroid dienone is 1. The maximum atomic E-state index is 5.12. The zero-order chi connectivity index (χ0) is 19.6. The fourth-order valence-corrected chi connectivity index (χ4v) is 4.96. The predicted octanol–water partition coefficient (Wildman–Crippen LogP) is 4.02. The van der Waals surface area contributed by atoms with Gasteiger partial charge in [-0.2, -0.15) is 0 Å². The fourth-order valence-electron chi connectivity index (χ4n) is 4.96. The monoisotopic (exact) mass is 389 g/mol. The van der Waals surface area contributed by atoms with Crippen LogP contribution in [0.25, 0.3) is 16.6 Å². The molecule has 2 fully saturated rings. The number of aromatic nitrogens is 1. The molecule has 1 aliphatic carbocycles. The molecule has 0 bridgehead atoms. The molecule has 3 aliphatic rings. The Bertz CT molecular complexity index is 934. The predicted molar refractivity (Wildman–Crippen MR) is 122 cm³/mol. The van der Waals surface area contributed by atoms with Gasteiger partial charge in [-0.25, -0.2) is 4.98 Å². The molecule has 152 valence electrons. The maximum absolute atomic E-state index is 5.12. The molecule has 29 heavy (non-hydrogen) atoms. The zero-order valence-electron chi connectivity index (χ0n) is 17.3. The lowest BCUT2D eigenvalue weighted by molar-refractivity contribution is 0.367. The van der Waals surface area contributed by atoms with Gasteiger partial charge >= 0.3 is 0 Å². The Morgan fingerprint density at radius 3 is 2.59 bits per heavy atom. The van der Waals surface area contributed by atoms with Crippen LogP contribution in [0.5, 0.6) is 0 Å². The summed E-state index contributed by atoms with van der Waals surface area (Å²) >= 11 is 0. The minimum absolute atomic E-state index is 0.629. The fraction of sp³-hybridized carbons (Fsp3) is 0.500. The molecule has 1 saturated carbocycles.